The van der Waals surface area contributed by atoms with Gasteiger partial charge in [-0.15, -0.1) is 0 Å². The van der Waals surface area contributed by atoms with E-state index in [1.807, 2.05) is 30.3 Å². The van der Waals surface area contributed by atoms with E-state index >= 15 is 0 Å². The zero-order valence-electron chi connectivity index (χ0n) is 9.91. The molecule has 0 saturated heterocycles. The number of methoxy groups -OCH3 is 1. The van der Waals surface area contributed by atoms with Crippen molar-refractivity contribution in [3.05, 3.63) is 52.0 Å². The quantitative estimate of drug-likeness (QED) is 0.918. The molecule has 0 aliphatic rings. The Hall–Kier alpha value is -1.22. The van der Waals surface area contributed by atoms with Crippen LogP contribution in [0, 0.1) is 0 Å². The van der Waals surface area contributed by atoms with Gasteiger partial charge in [0.05, 0.1) is 7.11 Å². The average Bonchev–Trinajstić information content (AvgIpc) is 2.38. The number of hydrogen-bond donors (Lipinski definition) is 1. The molecule has 2 aromatic rings. The fourth-order valence-electron chi connectivity index (χ4n) is 1.88. The van der Waals surface area contributed by atoms with Gasteiger partial charge in [0.2, 0.25) is 0 Å². The lowest BCUT2D eigenvalue weighted by Crippen LogP contribution is -2.00. The second kappa shape index (κ2) is 5.61. The highest BCUT2D eigenvalue weighted by Gasteiger charge is 2.10. The van der Waals surface area contributed by atoms with Crippen LogP contribution in [0.5, 0.6) is 5.75 Å². The van der Waals surface area contributed by atoms with Crippen molar-refractivity contribution >= 4 is 23.2 Å². The molecule has 0 radical (unpaired) electrons. The van der Waals surface area contributed by atoms with E-state index in [2.05, 4.69) is 0 Å². The van der Waals surface area contributed by atoms with E-state index in [-0.39, 0.29) is 0 Å². The van der Waals surface area contributed by atoms with Gasteiger partial charge in [-0.2, -0.15) is 0 Å². The maximum atomic E-state index is 6.04. The molecule has 2 N–H and O–H groups in total. The van der Waals surface area contributed by atoms with Crippen LogP contribution in [0.2, 0.25) is 10.0 Å². The van der Waals surface area contributed by atoms with Gasteiger partial charge in [-0.3, -0.25) is 0 Å². The van der Waals surface area contributed by atoms with Gasteiger partial charge in [-0.25, -0.2) is 0 Å². The van der Waals surface area contributed by atoms with Crippen LogP contribution in [0.25, 0.3) is 11.1 Å². The van der Waals surface area contributed by atoms with Crippen molar-refractivity contribution < 1.29 is 4.74 Å². The summed E-state index contributed by atoms with van der Waals surface area (Å²) in [5.74, 6) is 0.761. The number of halogens is 2. The van der Waals surface area contributed by atoms with Crippen LogP contribution in [-0.2, 0) is 6.54 Å². The van der Waals surface area contributed by atoms with Gasteiger partial charge in [-0.1, -0.05) is 29.3 Å². The first kappa shape index (κ1) is 13.2. The van der Waals surface area contributed by atoms with Crippen LogP contribution in [0.3, 0.4) is 0 Å². The summed E-state index contributed by atoms with van der Waals surface area (Å²) in [6.07, 6.45) is 0. The number of nitrogens with two attached hydrogens (primary N) is 1. The minimum absolute atomic E-state index is 0.408. The van der Waals surface area contributed by atoms with E-state index in [1.54, 1.807) is 13.2 Å². The third-order valence-corrected chi connectivity index (χ3v) is 3.21. The van der Waals surface area contributed by atoms with E-state index in [4.69, 9.17) is 33.7 Å². The van der Waals surface area contributed by atoms with Crippen LogP contribution in [-0.4, -0.2) is 7.11 Å². The second-order valence-electron chi connectivity index (χ2n) is 3.85. The first-order valence-electron chi connectivity index (χ1n) is 5.48. The highest BCUT2D eigenvalue weighted by molar-refractivity contribution is 6.31. The van der Waals surface area contributed by atoms with Gasteiger partial charge in [-0.05, 0) is 41.5 Å². The van der Waals surface area contributed by atoms with Crippen LogP contribution < -0.4 is 10.5 Å². The standard InChI is InChI=1S/C14H13Cl2NO/c1-18-14-5-3-11(16)7-13(14)12-4-2-10(15)6-9(12)8-17/h2-7H,8,17H2,1H3. The Balaban J connectivity index is 2.64. The van der Waals surface area contributed by atoms with E-state index in [0.29, 0.717) is 16.6 Å². The van der Waals surface area contributed by atoms with Crippen molar-refractivity contribution in [1.82, 2.24) is 0 Å². The summed E-state index contributed by atoms with van der Waals surface area (Å²) in [7, 11) is 1.63. The van der Waals surface area contributed by atoms with Crippen LogP contribution in [0.1, 0.15) is 5.56 Å². The zero-order valence-corrected chi connectivity index (χ0v) is 11.4. The van der Waals surface area contributed by atoms with Crippen molar-refractivity contribution in [2.45, 2.75) is 6.54 Å². The molecular formula is C14H13Cl2NO. The molecule has 0 atom stereocenters. The molecule has 0 amide bonds. The van der Waals surface area contributed by atoms with Gasteiger partial charge in [0.25, 0.3) is 0 Å². The van der Waals surface area contributed by atoms with Gasteiger partial charge < -0.3 is 10.5 Å². The predicted octanol–water partition coefficient (Wildman–Crippen LogP) is 4.13. The summed E-state index contributed by atoms with van der Waals surface area (Å²) >= 11 is 12.0. The molecule has 0 bridgehead atoms. The molecule has 94 valence electrons. The molecule has 2 aromatic carbocycles. The Morgan fingerprint density at radius 3 is 2.33 bits per heavy atom. The minimum Gasteiger partial charge on any atom is -0.496 e. The average molecular weight is 282 g/mol. The summed E-state index contributed by atoms with van der Waals surface area (Å²) in [6, 6.07) is 11.1. The van der Waals surface area contributed by atoms with E-state index in [9.17, 15) is 0 Å². The van der Waals surface area contributed by atoms with Gasteiger partial charge in [0, 0.05) is 22.2 Å². The molecule has 0 aliphatic heterocycles. The first-order chi connectivity index (χ1) is 8.65. The van der Waals surface area contributed by atoms with E-state index in [1.165, 1.54) is 0 Å². The third-order valence-electron chi connectivity index (χ3n) is 2.74. The van der Waals surface area contributed by atoms with Gasteiger partial charge >= 0.3 is 0 Å². The summed E-state index contributed by atoms with van der Waals surface area (Å²) in [5.41, 5.74) is 8.62. The molecule has 0 aromatic heterocycles. The molecule has 0 aliphatic carbocycles. The Morgan fingerprint density at radius 1 is 1.00 bits per heavy atom. The molecule has 0 heterocycles. The number of ether oxygens (including phenoxy) is 1. The lowest BCUT2D eigenvalue weighted by atomic mass is 9.99. The lowest BCUT2D eigenvalue weighted by Gasteiger charge is -2.13. The predicted molar refractivity (Wildman–Crippen MR) is 76.3 cm³/mol. The first-order valence-corrected chi connectivity index (χ1v) is 6.23. The normalized spacial score (nSPS) is 10.4. The maximum absolute atomic E-state index is 6.04. The molecule has 2 rings (SSSR count). The second-order valence-corrected chi connectivity index (χ2v) is 4.72. The molecule has 0 unspecified atom stereocenters. The molecule has 0 fully saturated rings. The van der Waals surface area contributed by atoms with E-state index < -0.39 is 0 Å². The number of hydrogen-bond acceptors (Lipinski definition) is 2. The topological polar surface area (TPSA) is 35.2 Å². The number of rotatable bonds is 3. The monoisotopic (exact) mass is 281 g/mol. The lowest BCUT2D eigenvalue weighted by molar-refractivity contribution is 0.416. The summed E-state index contributed by atoms with van der Waals surface area (Å²) < 4.78 is 5.35. The van der Waals surface area contributed by atoms with Crippen molar-refractivity contribution in [1.29, 1.82) is 0 Å². The molecular weight excluding hydrogens is 269 g/mol. The maximum Gasteiger partial charge on any atom is 0.126 e. The summed E-state index contributed by atoms with van der Waals surface area (Å²) in [4.78, 5) is 0. The summed E-state index contributed by atoms with van der Waals surface area (Å²) in [5, 5.41) is 1.32. The fraction of sp³-hybridized carbons (Fsp3) is 0.143. The van der Waals surface area contributed by atoms with Gasteiger partial charge in [0.15, 0.2) is 0 Å². The fourth-order valence-corrected chi connectivity index (χ4v) is 2.25. The minimum atomic E-state index is 0.408. The van der Waals surface area contributed by atoms with Crippen LogP contribution >= 0.6 is 23.2 Å². The Bertz CT molecular complexity index is 570. The molecule has 4 heteroatoms. The zero-order chi connectivity index (χ0) is 13.1. The molecule has 0 saturated carbocycles. The third kappa shape index (κ3) is 2.61. The summed E-state index contributed by atoms with van der Waals surface area (Å²) in [6.45, 7) is 0.408. The highest BCUT2D eigenvalue weighted by Crippen LogP contribution is 2.35. The highest BCUT2D eigenvalue weighted by atomic mass is 35.5. The van der Waals surface area contributed by atoms with Gasteiger partial charge in [0.1, 0.15) is 5.75 Å². The smallest absolute Gasteiger partial charge is 0.126 e. The van der Waals surface area contributed by atoms with Crippen molar-refractivity contribution in [2.24, 2.45) is 5.73 Å². The van der Waals surface area contributed by atoms with E-state index in [0.717, 1.165) is 22.4 Å². The Kier molecular flexibility index (Phi) is 4.12. The van der Waals surface area contributed by atoms with Crippen molar-refractivity contribution in [3.8, 4) is 16.9 Å². The number of benzene rings is 2. The van der Waals surface area contributed by atoms with Crippen LogP contribution in [0.15, 0.2) is 36.4 Å². The van der Waals surface area contributed by atoms with Crippen LogP contribution in [0.4, 0.5) is 0 Å². The Morgan fingerprint density at radius 2 is 1.67 bits per heavy atom. The molecule has 2 nitrogen and oxygen atoms in total. The molecule has 18 heavy (non-hydrogen) atoms. The SMILES string of the molecule is COc1ccc(Cl)cc1-c1ccc(Cl)cc1CN. The Labute approximate surface area is 116 Å². The largest absolute Gasteiger partial charge is 0.496 e. The van der Waals surface area contributed by atoms with Crippen molar-refractivity contribution in [3.63, 3.8) is 0 Å². The van der Waals surface area contributed by atoms with Crippen molar-refractivity contribution in [2.75, 3.05) is 7.11 Å². The molecule has 0 spiro atoms.